The highest BCUT2D eigenvalue weighted by atomic mass is 19.3. The lowest BCUT2D eigenvalue weighted by Gasteiger charge is -2.36. The van der Waals surface area contributed by atoms with E-state index in [1.54, 1.807) is 17.7 Å². The van der Waals surface area contributed by atoms with Gasteiger partial charge in [0.1, 0.15) is 5.82 Å². The van der Waals surface area contributed by atoms with E-state index in [0.717, 1.165) is 19.2 Å². The fourth-order valence-electron chi connectivity index (χ4n) is 6.13. The van der Waals surface area contributed by atoms with E-state index in [-0.39, 0.29) is 28.8 Å². The maximum Gasteiger partial charge on any atom is 0.266 e. The van der Waals surface area contributed by atoms with Crippen LogP contribution in [-0.2, 0) is 4.74 Å². The first-order valence-corrected chi connectivity index (χ1v) is 13.2. The van der Waals surface area contributed by atoms with Crippen LogP contribution in [-0.4, -0.2) is 53.8 Å². The van der Waals surface area contributed by atoms with E-state index >= 15 is 0 Å². The summed E-state index contributed by atoms with van der Waals surface area (Å²) >= 11 is 0. The molecule has 0 radical (unpaired) electrons. The predicted molar refractivity (Wildman–Crippen MR) is 138 cm³/mol. The molecule has 206 valence electrons. The number of carbonyl (C=O) groups excluding carboxylic acids is 1. The summed E-state index contributed by atoms with van der Waals surface area (Å²) in [7, 11) is 2.07. The van der Waals surface area contributed by atoms with Crippen LogP contribution in [0.4, 0.5) is 18.9 Å². The van der Waals surface area contributed by atoms with Gasteiger partial charge >= 0.3 is 0 Å². The van der Waals surface area contributed by atoms with Gasteiger partial charge in [-0.15, -0.1) is 0 Å². The molecule has 1 aromatic carbocycles. The van der Waals surface area contributed by atoms with Gasteiger partial charge in [0.05, 0.1) is 28.5 Å². The van der Waals surface area contributed by atoms with E-state index in [1.165, 1.54) is 18.2 Å². The van der Waals surface area contributed by atoms with Gasteiger partial charge in [-0.25, -0.2) is 13.2 Å². The van der Waals surface area contributed by atoms with Crippen LogP contribution in [0.15, 0.2) is 35.3 Å². The van der Waals surface area contributed by atoms with Gasteiger partial charge in [-0.05, 0) is 52.5 Å². The first-order chi connectivity index (χ1) is 17.9. The van der Waals surface area contributed by atoms with Gasteiger partial charge in [0, 0.05) is 49.6 Å². The molecule has 1 aliphatic carbocycles. The second-order valence-corrected chi connectivity index (χ2v) is 11.6. The summed E-state index contributed by atoms with van der Waals surface area (Å²) in [5.41, 5.74) is -0.633. The maximum absolute atomic E-state index is 14.8. The normalized spacial score (nSPS) is 27.2. The highest BCUT2D eigenvalue weighted by molar-refractivity contribution is 5.99. The molecular weight excluding hydrogens is 497 g/mol. The van der Waals surface area contributed by atoms with Crippen LogP contribution >= 0.6 is 0 Å². The molecule has 0 spiro atoms. The number of aromatic nitrogens is 1. The molecule has 0 unspecified atom stereocenters. The molecule has 5 atom stereocenters. The number of nitrogens with zero attached hydrogens (tertiary/aromatic N) is 2. The van der Waals surface area contributed by atoms with Crippen LogP contribution < -0.4 is 16.2 Å². The third-order valence-electron chi connectivity index (χ3n) is 8.20. The number of pyridine rings is 1. The van der Waals surface area contributed by atoms with Gasteiger partial charge in [0.2, 0.25) is 0 Å². The molecule has 0 bridgehead atoms. The Hall–Kier alpha value is -2.85. The molecule has 1 amide bonds. The number of rotatable bonds is 7. The van der Waals surface area contributed by atoms with Crippen LogP contribution in [0.25, 0.3) is 0 Å². The van der Waals surface area contributed by atoms with Gasteiger partial charge < -0.3 is 24.8 Å². The average Bonchev–Trinajstić information content (AvgIpc) is 3.27. The Morgan fingerprint density at radius 3 is 2.53 bits per heavy atom. The minimum atomic E-state index is -2.96. The topological polar surface area (TPSA) is 75.6 Å². The molecule has 10 heteroatoms. The molecule has 3 aliphatic rings. The lowest BCUT2D eigenvalue weighted by Crippen LogP contribution is -2.39. The van der Waals surface area contributed by atoms with Crippen LogP contribution in [0.2, 0.25) is 0 Å². The Morgan fingerprint density at radius 1 is 1.18 bits per heavy atom. The van der Waals surface area contributed by atoms with Crippen molar-refractivity contribution in [3.05, 3.63) is 63.3 Å². The number of anilines is 1. The van der Waals surface area contributed by atoms with Crippen LogP contribution in [0.1, 0.15) is 73.6 Å². The molecule has 7 nitrogen and oxygen atoms in total. The minimum absolute atomic E-state index is 0.0232. The number of benzene rings is 1. The van der Waals surface area contributed by atoms with Crippen molar-refractivity contribution in [2.24, 2.45) is 11.8 Å². The average molecular weight is 533 g/mol. The zero-order valence-electron chi connectivity index (χ0n) is 22.1. The van der Waals surface area contributed by atoms with Gasteiger partial charge in [-0.2, -0.15) is 0 Å². The highest BCUT2D eigenvalue weighted by Gasteiger charge is 2.55. The molecule has 3 heterocycles. The summed E-state index contributed by atoms with van der Waals surface area (Å²) in [6, 6.07) is 4.41. The number of hydrogen-bond donors (Lipinski definition) is 2. The molecular formula is C28H35F3N4O3. The zero-order chi connectivity index (χ0) is 27.4. The smallest absolute Gasteiger partial charge is 0.266 e. The second-order valence-electron chi connectivity index (χ2n) is 11.6. The highest BCUT2D eigenvalue weighted by Crippen LogP contribution is 2.47. The van der Waals surface area contributed by atoms with Crippen molar-refractivity contribution < 1.29 is 22.7 Å². The Balaban J connectivity index is 1.44. The molecule has 5 rings (SSSR count). The number of halogens is 3. The van der Waals surface area contributed by atoms with E-state index in [2.05, 4.69) is 22.6 Å². The van der Waals surface area contributed by atoms with Gasteiger partial charge in [0.15, 0.2) is 0 Å². The van der Waals surface area contributed by atoms with Crippen molar-refractivity contribution in [3.63, 3.8) is 0 Å². The number of alkyl halides is 2. The van der Waals surface area contributed by atoms with Crippen LogP contribution in [0.5, 0.6) is 0 Å². The number of fused-ring (bicyclic) bond motifs is 1. The number of amides is 1. The van der Waals surface area contributed by atoms with Crippen molar-refractivity contribution >= 4 is 11.6 Å². The number of hydrogen-bond acceptors (Lipinski definition) is 5. The number of likely N-dealkylation sites (tertiary alicyclic amines) is 1. The molecule has 3 fully saturated rings. The van der Waals surface area contributed by atoms with Gasteiger partial charge in [-0.3, -0.25) is 9.59 Å². The van der Waals surface area contributed by atoms with Gasteiger partial charge in [-0.1, -0.05) is 18.2 Å². The fraction of sp³-hybridized carbons (Fsp3) is 0.571. The summed E-state index contributed by atoms with van der Waals surface area (Å²) in [5.74, 6) is -0.623. The monoisotopic (exact) mass is 532 g/mol. The Labute approximate surface area is 220 Å². The lowest BCUT2D eigenvalue weighted by atomic mass is 9.93. The minimum Gasteiger partial charge on any atom is -0.381 e. The van der Waals surface area contributed by atoms with Gasteiger partial charge in [0.25, 0.3) is 17.9 Å². The first-order valence-electron chi connectivity index (χ1n) is 13.2. The van der Waals surface area contributed by atoms with Crippen molar-refractivity contribution in [3.8, 4) is 0 Å². The SMILES string of the molecule is C[C@@H](NC(=O)c1cn([C@@H]2CCOC(C)(C)C2)c(=O)cc1N[C@@H]1[C@@H]2CN(C)C[C@@H]21)c1cccc(C(F)F)c1F. The zero-order valence-corrected chi connectivity index (χ0v) is 22.1. The van der Waals surface area contributed by atoms with Crippen molar-refractivity contribution in [2.75, 3.05) is 32.1 Å². The van der Waals surface area contributed by atoms with Crippen molar-refractivity contribution in [1.82, 2.24) is 14.8 Å². The summed E-state index contributed by atoms with van der Waals surface area (Å²) in [4.78, 5) is 29.1. The van der Waals surface area contributed by atoms with E-state index in [0.29, 0.717) is 37.0 Å². The summed E-state index contributed by atoms with van der Waals surface area (Å²) < 4.78 is 48.6. The largest absolute Gasteiger partial charge is 0.381 e. The molecule has 1 aromatic heterocycles. The standard InChI is InChI=1S/C28H35F3N4O3/c1-15(17-6-5-7-18(24(17)29)26(30)31)32-27(37)21-14-35(16-8-9-38-28(2,3)11-16)23(36)10-22(21)33-25-19-12-34(4)13-20(19)25/h5-7,10,14-16,19-20,25-26,33H,8-9,11-13H2,1-4H3,(H,32,37)/t15-,16-,19-,20+,25-/m1/s1. The number of carbonyl (C=O) groups is 1. The molecule has 38 heavy (non-hydrogen) atoms. The molecule has 2 aliphatic heterocycles. The van der Waals surface area contributed by atoms with E-state index in [1.807, 2.05) is 13.8 Å². The third kappa shape index (κ3) is 5.20. The predicted octanol–water partition coefficient (Wildman–Crippen LogP) is 4.52. The Morgan fingerprint density at radius 2 is 1.87 bits per heavy atom. The van der Waals surface area contributed by atoms with Crippen LogP contribution in [0.3, 0.4) is 0 Å². The second kappa shape index (κ2) is 10.0. The summed E-state index contributed by atoms with van der Waals surface area (Å²) in [6.07, 6.45) is -0.132. The third-order valence-corrected chi connectivity index (χ3v) is 8.20. The lowest BCUT2D eigenvalue weighted by molar-refractivity contribution is -0.0695. The summed E-state index contributed by atoms with van der Waals surface area (Å²) in [5, 5.41) is 6.19. The van der Waals surface area contributed by atoms with Crippen molar-refractivity contribution in [2.45, 2.75) is 63.8 Å². The molecule has 2 N–H and O–H groups in total. The number of nitrogens with one attached hydrogen (secondary N) is 2. The summed E-state index contributed by atoms with van der Waals surface area (Å²) in [6.45, 7) is 7.91. The quantitative estimate of drug-likeness (QED) is 0.549. The first kappa shape index (κ1) is 26.7. The molecule has 2 saturated heterocycles. The number of ether oxygens (including phenoxy) is 1. The van der Waals surface area contributed by atoms with Crippen LogP contribution in [0, 0.1) is 17.7 Å². The van der Waals surface area contributed by atoms with Crippen molar-refractivity contribution in [1.29, 1.82) is 0 Å². The Kier molecular flexibility index (Phi) is 7.06. The molecule has 1 saturated carbocycles. The maximum atomic E-state index is 14.8. The van der Waals surface area contributed by atoms with E-state index in [4.69, 9.17) is 4.74 Å². The van der Waals surface area contributed by atoms with E-state index in [9.17, 15) is 22.8 Å². The Bertz CT molecular complexity index is 1270. The fourth-order valence-corrected chi connectivity index (χ4v) is 6.13. The number of piperidine rings is 1. The molecule has 2 aromatic rings. The van der Waals surface area contributed by atoms with E-state index < -0.39 is 35.4 Å².